The topological polar surface area (TPSA) is 44.7 Å². The van der Waals surface area contributed by atoms with Crippen LogP contribution in [-0.2, 0) is 0 Å². The van der Waals surface area contributed by atoms with Crippen LogP contribution < -0.4 is 5.32 Å². The van der Waals surface area contributed by atoms with Crippen LogP contribution in [0.5, 0.6) is 0 Å². The van der Waals surface area contributed by atoms with Gasteiger partial charge in [-0.15, -0.1) is 0 Å². The zero-order valence-electron chi connectivity index (χ0n) is 12.2. The zero-order valence-corrected chi connectivity index (χ0v) is 12.9. The molecule has 0 bridgehead atoms. The number of hydrogen-bond acceptors (Lipinski definition) is 2. The van der Waals surface area contributed by atoms with Gasteiger partial charge >= 0.3 is 6.03 Å². The first-order chi connectivity index (χ1) is 10.7. The minimum absolute atomic E-state index is 0.0553. The minimum atomic E-state index is -0.204. The van der Waals surface area contributed by atoms with Gasteiger partial charge in [0, 0.05) is 18.0 Å². The van der Waals surface area contributed by atoms with Crippen LogP contribution in [0.2, 0.25) is 5.02 Å². The lowest BCUT2D eigenvalue weighted by atomic mass is 9.91. The summed E-state index contributed by atoms with van der Waals surface area (Å²) in [6, 6.07) is 17.4. The highest BCUT2D eigenvalue weighted by Gasteiger charge is 2.31. The summed E-state index contributed by atoms with van der Waals surface area (Å²) >= 11 is 5.96. The number of hydrogen-bond donors (Lipinski definition) is 1. The molecular formula is C17H16ClN3O. The maximum absolute atomic E-state index is 11.9. The van der Waals surface area contributed by atoms with Crippen LogP contribution in [0.4, 0.5) is 4.79 Å². The lowest BCUT2D eigenvalue weighted by Crippen LogP contribution is -2.33. The molecule has 2 aromatic carbocycles. The third-order valence-electron chi connectivity index (χ3n) is 3.70. The van der Waals surface area contributed by atoms with E-state index in [0.717, 1.165) is 16.8 Å². The highest BCUT2D eigenvalue weighted by atomic mass is 35.5. The first-order valence-electron chi connectivity index (χ1n) is 7.07. The Hall–Kier alpha value is -2.33. The maximum Gasteiger partial charge on any atom is 0.337 e. The van der Waals surface area contributed by atoms with E-state index in [1.165, 1.54) is 5.01 Å². The summed E-state index contributed by atoms with van der Waals surface area (Å²) in [5.74, 6) is 0.0553. The number of halogens is 1. The molecule has 22 heavy (non-hydrogen) atoms. The van der Waals surface area contributed by atoms with Gasteiger partial charge in [0.2, 0.25) is 0 Å². The molecule has 0 radical (unpaired) electrons. The molecule has 5 heteroatoms. The van der Waals surface area contributed by atoms with Crippen molar-refractivity contribution < 1.29 is 4.79 Å². The molecule has 1 aliphatic rings. The van der Waals surface area contributed by atoms with E-state index in [-0.39, 0.29) is 11.9 Å². The van der Waals surface area contributed by atoms with E-state index >= 15 is 0 Å². The van der Waals surface area contributed by atoms with Gasteiger partial charge in [0.15, 0.2) is 0 Å². The van der Waals surface area contributed by atoms with E-state index in [0.29, 0.717) is 11.6 Å². The highest BCUT2D eigenvalue weighted by molar-refractivity contribution is 6.30. The molecule has 3 rings (SSSR count). The van der Waals surface area contributed by atoms with Crippen molar-refractivity contribution in [3.8, 4) is 0 Å². The monoisotopic (exact) mass is 313 g/mol. The van der Waals surface area contributed by atoms with Crippen molar-refractivity contribution in [2.45, 2.75) is 5.92 Å². The van der Waals surface area contributed by atoms with Gasteiger partial charge in [-0.1, -0.05) is 54.1 Å². The van der Waals surface area contributed by atoms with Crippen molar-refractivity contribution in [1.82, 2.24) is 10.3 Å². The van der Waals surface area contributed by atoms with E-state index in [4.69, 9.17) is 11.6 Å². The van der Waals surface area contributed by atoms with E-state index in [2.05, 4.69) is 22.6 Å². The molecule has 1 heterocycles. The summed E-state index contributed by atoms with van der Waals surface area (Å²) in [6.07, 6.45) is 0. The van der Waals surface area contributed by atoms with Crippen molar-refractivity contribution in [2.75, 3.05) is 13.6 Å². The van der Waals surface area contributed by atoms with E-state index < -0.39 is 0 Å². The van der Waals surface area contributed by atoms with Crippen LogP contribution in [-0.4, -0.2) is 30.3 Å². The van der Waals surface area contributed by atoms with Gasteiger partial charge in [-0.2, -0.15) is 5.10 Å². The predicted octanol–water partition coefficient (Wildman–Crippen LogP) is 3.48. The van der Waals surface area contributed by atoms with Gasteiger partial charge in [0.05, 0.1) is 12.3 Å². The standard InChI is InChI=1S/C17H16ClN3O/c1-19-17(22)21-11-15(12-5-3-2-4-6-12)16(20-21)13-7-9-14(18)10-8-13/h2-10,15H,11H2,1H3,(H,19,22). The highest BCUT2D eigenvalue weighted by Crippen LogP contribution is 2.29. The van der Waals surface area contributed by atoms with Gasteiger partial charge in [-0.05, 0) is 23.3 Å². The molecule has 0 fully saturated rings. The first-order valence-corrected chi connectivity index (χ1v) is 7.45. The maximum atomic E-state index is 11.9. The molecule has 0 spiro atoms. The molecule has 1 aliphatic heterocycles. The zero-order chi connectivity index (χ0) is 15.5. The molecular weight excluding hydrogens is 298 g/mol. The number of nitrogens with zero attached hydrogens (tertiary/aromatic N) is 2. The van der Waals surface area contributed by atoms with Gasteiger partial charge in [-0.3, -0.25) is 0 Å². The fourth-order valence-electron chi connectivity index (χ4n) is 2.59. The lowest BCUT2D eigenvalue weighted by Gasteiger charge is -2.14. The SMILES string of the molecule is CNC(=O)N1CC(c2ccccc2)C(c2ccc(Cl)cc2)=N1. The van der Waals surface area contributed by atoms with Crippen LogP contribution in [0.25, 0.3) is 0 Å². The second-order valence-electron chi connectivity index (χ2n) is 5.09. The Balaban J connectivity index is 2.00. The Morgan fingerprint density at radius 1 is 1.18 bits per heavy atom. The van der Waals surface area contributed by atoms with Gasteiger partial charge < -0.3 is 5.32 Å². The van der Waals surface area contributed by atoms with Crippen LogP contribution in [0.15, 0.2) is 59.7 Å². The second kappa shape index (κ2) is 6.20. The molecule has 4 nitrogen and oxygen atoms in total. The Bertz CT molecular complexity index is 698. The largest absolute Gasteiger partial charge is 0.340 e. The van der Waals surface area contributed by atoms with E-state index in [1.54, 1.807) is 7.05 Å². The quantitative estimate of drug-likeness (QED) is 0.906. The van der Waals surface area contributed by atoms with Gasteiger partial charge in [0.25, 0.3) is 0 Å². The number of rotatable bonds is 2. The number of carbonyl (C=O) groups is 1. The summed E-state index contributed by atoms with van der Waals surface area (Å²) in [7, 11) is 1.61. The van der Waals surface area contributed by atoms with Gasteiger partial charge in [-0.25, -0.2) is 9.80 Å². The molecule has 2 amide bonds. The Labute approximate surface area is 134 Å². The fraction of sp³-hybridized carbons (Fsp3) is 0.176. The van der Waals surface area contributed by atoms with Crippen LogP contribution in [0, 0.1) is 0 Å². The third kappa shape index (κ3) is 2.83. The predicted molar refractivity (Wildman–Crippen MR) is 88.3 cm³/mol. The fourth-order valence-corrected chi connectivity index (χ4v) is 2.71. The summed E-state index contributed by atoms with van der Waals surface area (Å²) < 4.78 is 0. The number of urea groups is 1. The third-order valence-corrected chi connectivity index (χ3v) is 3.96. The second-order valence-corrected chi connectivity index (χ2v) is 5.53. The van der Waals surface area contributed by atoms with Crippen molar-refractivity contribution in [2.24, 2.45) is 5.10 Å². The molecule has 0 aromatic heterocycles. The van der Waals surface area contributed by atoms with Crippen molar-refractivity contribution >= 4 is 23.3 Å². The molecule has 1 N–H and O–H groups in total. The van der Waals surface area contributed by atoms with Crippen molar-refractivity contribution in [1.29, 1.82) is 0 Å². The summed E-state index contributed by atoms with van der Waals surface area (Å²) in [4.78, 5) is 11.9. The molecule has 0 aliphatic carbocycles. The number of hydrazone groups is 1. The van der Waals surface area contributed by atoms with Crippen LogP contribution in [0.1, 0.15) is 17.0 Å². The smallest absolute Gasteiger partial charge is 0.337 e. The van der Waals surface area contributed by atoms with Crippen LogP contribution in [0.3, 0.4) is 0 Å². The summed E-state index contributed by atoms with van der Waals surface area (Å²) in [5.41, 5.74) is 3.00. The number of amides is 2. The molecule has 2 aromatic rings. The molecule has 1 unspecified atom stereocenters. The molecule has 112 valence electrons. The molecule has 1 atom stereocenters. The summed E-state index contributed by atoms with van der Waals surface area (Å²) in [6.45, 7) is 0.529. The number of benzene rings is 2. The summed E-state index contributed by atoms with van der Waals surface area (Å²) in [5, 5.41) is 9.29. The minimum Gasteiger partial charge on any atom is -0.340 e. The number of carbonyl (C=O) groups excluding carboxylic acids is 1. The molecule has 0 saturated carbocycles. The normalized spacial score (nSPS) is 17.3. The number of nitrogens with one attached hydrogen (secondary N) is 1. The average Bonchev–Trinajstić information content (AvgIpc) is 3.01. The Morgan fingerprint density at radius 2 is 1.86 bits per heavy atom. The average molecular weight is 314 g/mol. The van der Waals surface area contributed by atoms with E-state index in [1.807, 2.05) is 42.5 Å². The first kappa shape index (κ1) is 14.6. The molecule has 0 saturated heterocycles. The van der Waals surface area contributed by atoms with Crippen LogP contribution >= 0.6 is 11.6 Å². The Kier molecular flexibility index (Phi) is 4.11. The van der Waals surface area contributed by atoms with Crippen molar-refractivity contribution in [3.63, 3.8) is 0 Å². The van der Waals surface area contributed by atoms with E-state index in [9.17, 15) is 4.79 Å². The van der Waals surface area contributed by atoms with Crippen molar-refractivity contribution in [3.05, 3.63) is 70.7 Å². The Morgan fingerprint density at radius 3 is 2.50 bits per heavy atom. The lowest BCUT2D eigenvalue weighted by molar-refractivity contribution is 0.206. The van der Waals surface area contributed by atoms with Gasteiger partial charge in [0.1, 0.15) is 0 Å².